The Morgan fingerprint density at radius 3 is 1.19 bits per heavy atom. The second-order valence-corrected chi connectivity index (χ2v) is 20.2. The van der Waals surface area contributed by atoms with Gasteiger partial charge in [0.05, 0.1) is 19.8 Å². The van der Waals surface area contributed by atoms with Gasteiger partial charge in [-0.2, -0.15) is 0 Å². The van der Waals surface area contributed by atoms with E-state index >= 15 is 0 Å². The average molecular weight is 1030 g/mol. The standard InChI is InChI=1S/C60H103O11P/c1-4-7-10-13-16-19-22-25-26-27-28-29-30-33-36-39-42-45-48-51-60(64)71-57(53-67-58(62)49-46-43-40-37-34-31-23-20-17-14-11-8-5-2)55-69-72(65,66)68-54-56(52-61)70-59(63)50-47-44-41-38-35-32-24-21-18-15-12-9-6-3/h8,11,16-17,19-20,25-26,28-29,31,34,40,43,56-57,61H,4-7,9-10,12-15,18,21-24,27,30,32-33,35-39,41-42,44-55H2,1-3H3,(H,65,66)/b11-8-,19-16-,20-17-,26-25-,29-28-,34-31-,43-40-. The molecule has 0 rings (SSSR count). The molecule has 0 saturated heterocycles. The van der Waals surface area contributed by atoms with Crippen LogP contribution in [-0.2, 0) is 42.2 Å². The second kappa shape index (κ2) is 53.9. The Kier molecular flexibility index (Phi) is 51.4. The van der Waals surface area contributed by atoms with Crippen LogP contribution >= 0.6 is 7.82 Å². The zero-order chi connectivity index (χ0) is 52.7. The molecular weight excluding hydrogens is 928 g/mol. The van der Waals surface area contributed by atoms with Gasteiger partial charge < -0.3 is 24.2 Å². The average Bonchev–Trinajstić information content (AvgIpc) is 3.37. The maximum Gasteiger partial charge on any atom is 0.472 e. The van der Waals surface area contributed by atoms with E-state index in [4.69, 9.17) is 23.3 Å². The van der Waals surface area contributed by atoms with E-state index in [1.54, 1.807) is 0 Å². The highest BCUT2D eigenvalue weighted by molar-refractivity contribution is 7.47. The molecule has 3 atom stereocenters. The first-order valence-corrected chi connectivity index (χ1v) is 30.0. The van der Waals surface area contributed by atoms with Crippen molar-refractivity contribution < 1.29 is 52.2 Å². The highest BCUT2D eigenvalue weighted by atomic mass is 31.2. The molecule has 0 amide bonds. The van der Waals surface area contributed by atoms with Crippen LogP contribution in [0, 0.1) is 0 Å². The van der Waals surface area contributed by atoms with E-state index in [0.29, 0.717) is 19.3 Å². The predicted molar refractivity (Wildman–Crippen MR) is 298 cm³/mol. The topological polar surface area (TPSA) is 155 Å². The highest BCUT2D eigenvalue weighted by Gasteiger charge is 2.28. The third kappa shape index (κ3) is 51.6. The molecule has 0 aromatic carbocycles. The van der Waals surface area contributed by atoms with Crippen LogP contribution < -0.4 is 0 Å². The van der Waals surface area contributed by atoms with Gasteiger partial charge in [-0.05, 0) is 83.5 Å². The van der Waals surface area contributed by atoms with Gasteiger partial charge in [0.15, 0.2) is 6.10 Å². The Bertz CT molecular complexity index is 1530. The molecule has 0 aromatic heterocycles. The Hall–Kier alpha value is -3.34. The SMILES string of the molecule is CC/C=C\C/C=C\C/C=C\C/C=C\CCC(=O)OCC(COP(=O)(O)OCC(CO)OC(=O)CCCCCCCCCCCCCCC)OC(=O)CCCCCCCC/C=C\C/C=C\C/C=C\CCCCC. The van der Waals surface area contributed by atoms with Crippen LogP contribution in [0.2, 0.25) is 0 Å². The number of phosphoric acid groups is 1. The van der Waals surface area contributed by atoms with E-state index in [9.17, 15) is 28.9 Å². The largest absolute Gasteiger partial charge is 0.472 e. The Morgan fingerprint density at radius 2 is 0.750 bits per heavy atom. The summed E-state index contributed by atoms with van der Waals surface area (Å²) in [5.41, 5.74) is 0. The monoisotopic (exact) mass is 1030 g/mol. The molecule has 0 radical (unpaired) electrons. The lowest BCUT2D eigenvalue weighted by Gasteiger charge is -2.21. The number of esters is 3. The fourth-order valence-corrected chi connectivity index (χ4v) is 8.28. The summed E-state index contributed by atoms with van der Waals surface area (Å²) in [5, 5.41) is 9.80. The fraction of sp³-hybridized carbons (Fsp3) is 0.717. The number of ether oxygens (including phenoxy) is 3. The van der Waals surface area contributed by atoms with Crippen LogP contribution in [0.1, 0.15) is 239 Å². The van der Waals surface area contributed by atoms with Gasteiger partial charge in [0.1, 0.15) is 12.7 Å². The quantitative estimate of drug-likeness (QED) is 0.0197. The minimum Gasteiger partial charge on any atom is -0.462 e. The third-order valence-corrected chi connectivity index (χ3v) is 12.8. The molecule has 0 aliphatic carbocycles. The summed E-state index contributed by atoms with van der Waals surface area (Å²) in [5.74, 6) is -1.58. The summed E-state index contributed by atoms with van der Waals surface area (Å²) >= 11 is 0. The first-order chi connectivity index (χ1) is 35.2. The van der Waals surface area contributed by atoms with Crippen LogP contribution in [-0.4, -0.2) is 66.5 Å². The number of rotatable bonds is 52. The van der Waals surface area contributed by atoms with E-state index < -0.39 is 57.8 Å². The molecule has 12 heteroatoms. The summed E-state index contributed by atoms with van der Waals surface area (Å²) in [4.78, 5) is 48.4. The summed E-state index contributed by atoms with van der Waals surface area (Å²) in [6.45, 7) is 4.41. The van der Waals surface area contributed by atoms with Gasteiger partial charge in [-0.25, -0.2) is 4.57 Å². The molecule has 0 aromatic rings. The Morgan fingerprint density at radius 1 is 0.403 bits per heavy atom. The van der Waals surface area contributed by atoms with Crippen molar-refractivity contribution in [1.29, 1.82) is 0 Å². The van der Waals surface area contributed by atoms with E-state index in [2.05, 4.69) is 93.7 Å². The number of unbranched alkanes of at least 4 members (excludes halogenated alkanes) is 21. The summed E-state index contributed by atoms with van der Waals surface area (Å²) in [7, 11) is -4.76. The van der Waals surface area contributed by atoms with E-state index in [1.807, 2.05) is 12.2 Å². The Labute approximate surface area is 439 Å². The smallest absolute Gasteiger partial charge is 0.462 e. The lowest BCUT2D eigenvalue weighted by atomic mass is 10.0. The van der Waals surface area contributed by atoms with Crippen molar-refractivity contribution in [2.45, 2.75) is 251 Å². The zero-order valence-electron chi connectivity index (χ0n) is 45.6. The minimum absolute atomic E-state index is 0.100. The molecule has 0 heterocycles. The lowest BCUT2D eigenvalue weighted by molar-refractivity contribution is -0.161. The predicted octanol–water partition coefficient (Wildman–Crippen LogP) is 16.7. The number of carbonyl (C=O) groups excluding carboxylic acids is 3. The zero-order valence-corrected chi connectivity index (χ0v) is 46.5. The number of aliphatic hydroxyl groups excluding tert-OH is 1. The molecular formula is C60H103O11P. The van der Waals surface area contributed by atoms with Gasteiger partial charge in [-0.15, -0.1) is 0 Å². The van der Waals surface area contributed by atoms with Crippen molar-refractivity contribution in [1.82, 2.24) is 0 Å². The van der Waals surface area contributed by atoms with Crippen LogP contribution in [0.4, 0.5) is 0 Å². The van der Waals surface area contributed by atoms with Crippen LogP contribution in [0.5, 0.6) is 0 Å². The number of aliphatic hydroxyl groups is 1. The van der Waals surface area contributed by atoms with E-state index in [1.165, 1.54) is 83.5 Å². The number of hydrogen-bond donors (Lipinski definition) is 2. The van der Waals surface area contributed by atoms with E-state index in [-0.39, 0.29) is 25.9 Å². The van der Waals surface area contributed by atoms with Gasteiger partial charge in [0, 0.05) is 19.3 Å². The van der Waals surface area contributed by atoms with Gasteiger partial charge in [0.25, 0.3) is 0 Å². The first kappa shape index (κ1) is 68.7. The number of carbonyl (C=O) groups is 3. The van der Waals surface area contributed by atoms with Crippen LogP contribution in [0.15, 0.2) is 85.1 Å². The summed E-state index contributed by atoms with van der Waals surface area (Å²) in [6.07, 6.45) is 61.3. The molecule has 2 N–H and O–H groups in total. The van der Waals surface area contributed by atoms with Gasteiger partial charge in [0.2, 0.25) is 0 Å². The van der Waals surface area contributed by atoms with Crippen molar-refractivity contribution in [3.8, 4) is 0 Å². The lowest BCUT2D eigenvalue weighted by Crippen LogP contribution is -2.30. The molecule has 0 spiro atoms. The van der Waals surface area contributed by atoms with Crippen LogP contribution in [0.3, 0.4) is 0 Å². The van der Waals surface area contributed by atoms with Crippen molar-refractivity contribution in [2.24, 2.45) is 0 Å². The minimum atomic E-state index is -4.76. The Balaban J connectivity index is 4.80. The first-order valence-electron chi connectivity index (χ1n) is 28.5. The second-order valence-electron chi connectivity index (χ2n) is 18.7. The van der Waals surface area contributed by atoms with Gasteiger partial charge >= 0.3 is 25.7 Å². The molecule has 72 heavy (non-hydrogen) atoms. The fourth-order valence-electron chi connectivity index (χ4n) is 7.49. The molecule has 11 nitrogen and oxygen atoms in total. The number of hydrogen-bond acceptors (Lipinski definition) is 10. The molecule has 0 saturated carbocycles. The van der Waals surface area contributed by atoms with Crippen molar-refractivity contribution >= 4 is 25.7 Å². The normalized spacial score (nSPS) is 14.0. The molecule has 0 aliphatic heterocycles. The summed E-state index contributed by atoms with van der Waals surface area (Å²) in [6, 6.07) is 0. The van der Waals surface area contributed by atoms with Gasteiger partial charge in [-0.1, -0.05) is 221 Å². The maximum atomic E-state index is 12.9. The number of allylic oxidation sites excluding steroid dienone is 14. The van der Waals surface area contributed by atoms with Crippen molar-refractivity contribution in [3.63, 3.8) is 0 Å². The third-order valence-electron chi connectivity index (χ3n) is 11.8. The van der Waals surface area contributed by atoms with Crippen LogP contribution in [0.25, 0.3) is 0 Å². The number of phosphoric ester groups is 1. The molecule has 0 aliphatic rings. The summed E-state index contributed by atoms with van der Waals surface area (Å²) < 4.78 is 39.4. The van der Waals surface area contributed by atoms with Crippen molar-refractivity contribution in [2.75, 3.05) is 26.4 Å². The molecule has 414 valence electrons. The molecule has 0 bridgehead atoms. The molecule has 3 unspecified atom stereocenters. The van der Waals surface area contributed by atoms with Crippen molar-refractivity contribution in [3.05, 3.63) is 85.1 Å². The molecule has 0 fully saturated rings. The van der Waals surface area contributed by atoms with E-state index in [0.717, 1.165) is 96.3 Å². The highest BCUT2D eigenvalue weighted by Crippen LogP contribution is 2.43. The maximum absolute atomic E-state index is 12.9. The van der Waals surface area contributed by atoms with Gasteiger partial charge in [-0.3, -0.25) is 23.4 Å².